The van der Waals surface area contributed by atoms with Crippen LogP contribution >= 0.6 is 0 Å². The van der Waals surface area contributed by atoms with Crippen LogP contribution in [0.15, 0.2) is 24.3 Å². The first-order chi connectivity index (χ1) is 7.77. The molecular formula is C14H20O2. The molecule has 0 heterocycles. The summed E-state index contributed by atoms with van der Waals surface area (Å²) in [7, 11) is 0. The monoisotopic (exact) mass is 220 g/mol. The molecule has 1 aliphatic rings. The van der Waals surface area contributed by atoms with Crippen LogP contribution < -0.4 is 0 Å². The maximum atomic E-state index is 8.36. The molecule has 1 aromatic rings. The van der Waals surface area contributed by atoms with Crippen molar-refractivity contribution in [1.82, 2.24) is 0 Å². The van der Waals surface area contributed by atoms with Crippen LogP contribution in [0.4, 0.5) is 0 Å². The zero-order valence-electron chi connectivity index (χ0n) is 9.86. The summed E-state index contributed by atoms with van der Waals surface area (Å²) in [6, 6.07) is 9.10. The summed E-state index contributed by atoms with van der Waals surface area (Å²) in [5.74, 6) is 0.856. The van der Waals surface area contributed by atoms with Crippen LogP contribution in [0.5, 0.6) is 0 Å². The number of carbonyl (C=O) groups is 1. The first-order valence-electron chi connectivity index (χ1n) is 5.92. The highest BCUT2D eigenvalue weighted by atomic mass is 16.3. The highest BCUT2D eigenvalue weighted by molar-refractivity contribution is 5.32. The third-order valence-electron chi connectivity index (χ3n) is 3.15. The van der Waals surface area contributed by atoms with Gasteiger partial charge in [0.05, 0.1) is 0 Å². The van der Waals surface area contributed by atoms with E-state index in [2.05, 4.69) is 31.2 Å². The summed E-state index contributed by atoms with van der Waals surface area (Å²) in [5.41, 5.74) is 2.94. The molecule has 0 unspecified atom stereocenters. The van der Waals surface area contributed by atoms with Gasteiger partial charge in [-0.15, -0.1) is 0 Å². The Kier molecular flexibility index (Phi) is 5.62. The van der Waals surface area contributed by atoms with E-state index in [1.807, 2.05) is 0 Å². The van der Waals surface area contributed by atoms with Gasteiger partial charge in [0.25, 0.3) is 6.47 Å². The third kappa shape index (κ3) is 4.05. The lowest BCUT2D eigenvalue weighted by molar-refractivity contribution is -0.122. The maximum absolute atomic E-state index is 8.36. The van der Waals surface area contributed by atoms with Gasteiger partial charge in [0.2, 0.25) is 0 Å². The topological polar surface area (TPSA) is 37.3 Å². The fourth-order valence-corrected chi connectivity index (χ4v) is 2.27. The normalized spacial score (nSPS) is 16.1. The van der Waals surface area contributed by atoms with Gasteiger partial charge < -0.3 is 5.11 Å². The lowest BCUT2D eigenvalue weighted by Crippen LogP contribution is -2.04. The largest absolute Gasteiger partial charge is 0.483 e. The summed E-state index contributed by atoms with van der Waals surface area (Å²) < 4.78 is 0. The molecular weight excluding hydrogens is 200 g/mol. The van der Waals surface area contributed by atoms with Crippen LogP contribution in [0.25, 0.3) is 0 Å². The molecule has 1 N–H and O–H groups in total. The van der Waals surface area contributed by atoms with Gasteiger partial charge in [0.1, 0.15) is 0 Å². The minimum atomic E-state index is -0.250. The van der Waals surface area contributed by atoms with E-state index in [4.69, 9.17) is 9.90 Å². The first kappa shape index (κ1) is 12.8. The van der Waals surface area contributed by atoms with E-state index >= 15 is 0 Å². The molecule has 0 saturated heterocycles. The average Bonchev–Trinajstić information content (AvgIpc) is 2.32. The minimum absolute atomic E-state index is 0.250. The average molecular weight is 220 g/mol. The van der Waals surface area contributed by atoms with Crippen molar-refractivity contribution in [3.05, 3.63) is 35.4 Å². The summed E-state index contributed by atoms with van der Waals surface area (Å²) in [6.45, 7) is 1.91. The Bertz CT molecular complexity index is 297. The Morgan fingerprint density at radius 2 is 1.62 bits per heavy atom. The molecule has 2 heteroatoms. The van der Waals surface area contributed by atoms with Crippen LogP contribution in [0.1, 0.15) is 49.1 Å². The Morgan fingerprint density at radius 3 is 2.12 bits per heavy atom. The summed E-state index contributed by atoms with van der Waals surface area (Å²) in [4.78, 5) is 8.36. The van der Waals surface area contributed by atoms with Gasteiger partial charge in [-0.2, -0.15) is 0 Å². The standard InChI is InChI=1S/C13H18.CH2O2/c1-11-7-9-13(10-8-11)12-5-3-2-4-6-12;2-1-3/h7-10,12H,2-6H2,1H3;1H,(H,2,3). The van der Waals surface area contributed by atoms with Gasteiger partial charge >= 0.3 is 0 Å². The summed E-state index contributed by atoms with van der Waals surface area (Å²) >= 11 is 0. The van der Waals surface area contributed by atoms with Gasteiger partial charge in [-0.1, -0.05) is 49.1 Å². The fourth-order valence-electron chi connectivity index (χ4n) is 2.27. The highest BCUT2D eigenvalue weighted by Gasteiger charge is 2.14. The lowest BCUT2D eigenvalue weighted by Gasteiger charge is -2.21. The number of benzene rings is 1. The quantitative estimate of drug-likeness (QED) is 0.732. The van der Waals surface area contributed by atoms with Crippen molar-refractivity contribution in [2.24, 2.45) is 0 Å². The SMILES string of the molecule is Cc1ccc(C2CCCCC2)cc1.O=CO. The van der Waals surface area contributed by atoms with Gasteiger partial charge in [0, 0.05) is 0 Å². The van der Waals surface area contributed by atoms with E-state index in [1.54, 1.807) is 5.56 Å². The van der Waals surface area contributed by atoms with Crippen LogP contribution in [0.3, 0.4) is 0 Å². The number of hydrogen-bond acceptors (Lipinski definition) is 1. The number of rotatable bonds is 1. The molecule has 0 aromatic heterocycles. The summed E-state index contributed by atoms with van der Waals surface area (Å²) in [6.07, 6.45) is 7.12. The second-order valence-corrected chi connectivity index (χ2v) is 4.35. The van der Waals surface area contributed by atoms with Crippen molar-refractivity contribution in [3.8, 4) is 0 Å². The Labute approximate surface area is 97.3 Å². The number of hydrogen-bond donors (Lipinski definition) is 1. The Hall–Kier alpha value is -1.31. The maximum Gasteiger partial charge on any atom is 0.290 e. The Balaban J connectivity index is 0.000000386. The molecule has 0 amide bonds. The van der Waals surface area contributed by atoms with Crippen LogP contribution in [0.2, 0.25) is 0 Å². The van der Waals surface area contributed by atoms with Crippen LogP contribution in [-0.4, -0.2) is 11.6 Å². The van der Waals surface area contributed by atoms with E-state index in [9.17, 15) is 0 Å². The fraction of sp³-hybridized carbons (Fsp3) is 0.500. The second-order valence-electron chi connectivity index (χ2n) is 4.35. The zero-order chi connectivity index (χ0) is 11.8. The van der Waals surface area contributed by atoms with Gasteiger partial charge in [-0.05, 0) is 31.2 Å². The smallest absolute Gasteiger partial charge is 0.290 e. The molecule has 0 spiro atoms. The zero-order valence-corrected chi connectivity index (χ0v) is 9.86. The number of carboxylic acid groups (broad SMARTS) is 1. The molecule has 2 nitrogen and oxygen atoms in total. The van der Waals surface area contributed by atoms with Gasteiger partial charge in [-0.3, -0.25) is 4.79 Å². The summed E-state index contributed by atoms with van der Waals surface area (Å²) in [5, 5.41) is 6.89. The van der Waals surface area contributed by atoms with E-state index in [1.165, 1.54) is 37.7 Å². The molecule has 16 heavy (non-hydrogen) atoms. The predicted octanol–water partition coefficient (Wildman–Crippen LogP) is 3.74. The molecule has 0 radical (unpaired) electrons. The van der Waals surface area contributed by atoms with Crippen molar-refractivity contribution in [2.45, 2.75) is 44.9 Å². The van der Waals surface area contributed by atoms with E-state index in [0.717, 1.165) is 5.92 Å². The molecule has 88 valence electrons. The molecule has 1 aromatic carbocycles. The molecule has 0 atom stereocenters. The molecule has 1 fully saturated rings. The number of aryl methyl sites for hydroxylation is 1. The lowest BCUT2D eigenvalue weighted by atomic mass is 9.84. The highest BCUT2D eigenvalue weighted by Crippen LogP contribution is 2.32. The predicted molar refractivity (Wildman–Crippen MR) is 65.7 cm³/mol. The molecule has 1 aliphatic carbocycles. The van der Waals surface area contributed by atoms with Crippen molar-refractivity contribution in [1.29, 1.82) is 0 Å². The first-order valence-corrected chi connectivity index (χ1v) is 5.92. The van der Waals surface area contributed by atoms with Gasteiger partial charge in [-0.25, -0.2) is 0 Å². The second kappa shape index (κ2) is 7.04. The van der Waals surface area contributed by atoms with Crippen molar-refractivity contribution in [3.63, 3.8) is 0 Å². The van der Waals surface area contributed by atoms with Crippen molar-refractivity contribution < 1.29 is 9.90 Å². The van der Waals surface area contributed by atoms with Crippen LogP contribution in [-0.2, 0) is 4.79 Å². The van der Waals surface area contributed by atoms with E-state index < -0.39 is 0 Å². The van der Waals surface area contributed by atoms with Crippen LogP contribution in [0, 0.1) is 6.92 Å². The minimum Gasteiger partial charge on any atom is -0.483 e. The van der Waals surface area contributed by atoms with Crippen molar-refractivity contribution in [2.75, 3.05) is 0 Å². The third-order valence-corrected chi connectivity index (χ3v) is 3.15. The molecule has 0 aliphatic heterocycles. The molecule has 0 bridgehead atoms. The van der Waals surface area contributed by atoms with Gasteiger partial charge in [0.15, 0.2) is 0 Å². The van der Waals surface area contributed by atoms with Crippen molar-refractivity contribution >= 4 is 6.47 Å². The van der Waals surface area contributed by atoms with E-state index in [-0.39, 0.29) is 6.47 Å². The molecule has 2 rings (SSSR count). The molecule has 1 saturated carbocycles. The van der Waals surface area contributed by atoms with E-state index in [0.29, 0.717) is 0 Å². The Morgan fingerprint density at radius 1 is 1.12 bits per heavy atom.